The minimum absolute atomic E-state index is 0.0435. The predicted molar refractivity (Wildman–Crippen MR) is 112 cm³/mol. The second-order valence-electron chi connectivity index (χ2n) is 6.93. The van der Waals surface area contributed by atoms with Gasteiger partial charge in [-0.15, -0.1) is 0 Å². The topological polar surface area (TPSA) is 75.7 Å². The molecule has 0 aliphatic carbocycles. The Bertz CT molecular complexity index is 922. The van der Waals surface area contributed by atoms with Gasteiger partial charge >= 0.3 is 0 Å². The second kappa shape index (κ2) is 9.61. The summed E-state index contributed by atoms with van der Waals surface area (Å²) in [6.07, 6.45) is 1.01. The van der Waals surface area contributed by atoms with Crippen LogP contribution in [-0.4, -0.2) is 38.3 Å². The largest absolute Gasteiger partial charge is 0.494 e. The Hall–Kier alpha value is -2.09. The molecular weight excluding hydrogens is 412 g/mol. The number of nitrogens with zero attached hydrogens (tertiary/aromatic N) is 1. The zero-order chi connectivity index (χ0) is 20.9. The fraction of sp³-hybridized carbons (Fsp3) is 0.381. The minimum Gasteiger partial charge on any atom is -0.494 e. The molecule has 6 nitrogen and oxygen atoms in total. The summed E-state index contributed by atoms with van der Waals surface area (Å²) in [7, 11) is -3.57. The van der Waals surface area contributed by atoms with Crippen molar-refractivity contribution in [3.05, 3.63) is 59.1 Å². The number of hydrogen-bond donors (Lipinski definition) is 1. The number of halogens is 1. The van der Waals surface area contributed by atoms with E-state index in [0.717, 1.165) is 5.56 Å². The molecule has 0 aromatic heterocycles. The molecule has 0 saturated carbocycles. The number of nitrogens with one attached hydrogen (secondary N) is 1. The predicted octanol–water partition coefficient (Wildman–Crippen LogP) is 3.46. The monoisotopic (exact) mass is 436 g/mol. The fourth-order valence-electron chi connectivity index (χ4n) is 3.32. The van der Waals surface area contributed by atoms with Gasteiger partial charge in [0.05, 0.1) is 11.5 Å². The van der Waals surface area contributed by atoms with Crippen molar-refractivity contribution in [3.63, 3.8) is 0 Å². The Balaban J connectivity index is 1.53. The fourth-order valence-corrected chi connectivity index (χ4v) is 4.91. The standard InChI is InChI=1S/C21H25ClN2O4S/c1-2-28-19-7-9-20(10-8-19)29(26,27)24-13-11-17(12-14-24)21(25)23-15-16-3-5-18(22)6-4-16/h3-10,17H,2,11-15H2,1H3,(H,23,25). The van der Waals surface area contributed by atoms with Gasteiger partial charge in [0, 0.05) is 30.6 Å². The first-order valence-electron chi connectivity index (χ1n) is 9.65. The number of sulfonamides is 1. The van der Waals surface area contributed by atoms with Crippen LogP contribution in [0, 0.1) is 5.92 Å². The minimum atomic E-state index is -3.57. The summed E-state index contributed by atoms with van der Waals surface area (Å²) in [5.41, 5.74) is 0.971. The first-order valence-corrected chi connectivity index (χ1v) is 11.5. The maximum atomic E-state index is 12.8. The number of ether oxygens (including phenoxy) is 1. The van der Waals surface area contributed by atoms with Crippen molar-refractivity contribution in [2.24, 2.45) is 5.92 Å². The van der Waals surface area contributed by atoms with Gasteiger partial charge in [0.15, 0.2) is 0 Å². The van der Waals surface area contributed by atoms with Gasteiger partial charge < -0.3 is 10.1 Å². The zero-order valence-electron chi connectivity index (χ0n) is 16.3. The van der Waals surface area contributed by atoms with Crippen LogP contribution in [0.15, 0.2) is 53.4 Å². The maximum absolute atomic E-state index is 12.8. The number of hydrogen-bond acceptors (Lipinski definition) is 4. The average molecular weight is 437 g/mol. The summed E-state index contributed by atoms with van der Waals surface area (Å²) in [5, 5.41) is 3.58. The van der Waals surface area contributed by atoms with E-state index >= 15 is 0 Å². The molecule has 1 N–H and O–H groups in total. The summed E-state index contributed by atoms with van der Waals surface area (Å²) in [6.45, 7) is 3.49. The van der Waals surface area contributed by atoms with Gasteiger partial charge in [0.2, 0.25) is 15.9 Å². The molecule has 8 heteroatoms. The summed E-state index contributed by atoms with van der Waals surface area (Å²) in [6, 6.07) is 13.8. The van der Waals surface area contributed by atoms with Crippen LogP contribution >= 0.6 is 11.6 Å². The quantitative estimate of drug-likeness (QED) is 0.721. The second-order valence-corrected chi connectivity index (χ2v) is 9.30. The maximum Gasteiger partial charge on any atom is 0.243 e. The third-order valence-electron chi connectivity index (χ3n) is 4.98. The van der Waals surface area contributed by atoms with Crippen LogP contribution in [0.1, 0.15) is 25.3 Å². The van der Waals surface area contributed by atoms with Gasteiger partial charge in [-0.1, -0.05) is 23.7 Å². The van der Waals surface area contributed by atoms with E-state index in [1.54, 1.807) is 36.4 Å². The summed E-state index contributed by atoms with van der Waals surface area (Å²) >= 11 is 5.87. The highest BCUT2D eigenvalue weighted by molar-refractivity contribution is 7.89. The molecule has 1 aliphatic rings. The Morgan fingerprint density at radius 1 is 1.10 bits per heavy atom. The number of benzene rings is 2. The third kappa shape index (κ3) is 5.50. The van der Waals surface area contributed by atoms with Crippen molar-refractivity contribution < 1.29 is 17.9 Å². The van der Waals surface area contributed by atoms with E-state index in [1.165, 1.54) is 4.31 Å². The van der Waals surface area contributed by atoms with Gasteiger partial charge in [0.25, 0.3) is 0 Å². The molecule has 1 aliphatic heterocycles. The Morgan fingerprint density at radius 2 is 1.72 bits per heavy atom. The van der Waals surface area contributed by atoms with Crippen molar-refractivity contribution in [1.82, 2.24) is 9.62 Å². The Labute approximate surface area is 176 Å². The molecule has 0 atom stereocenters. The van der Waals surface area contributed by atoms with Crippen molar-refractivity contribution >= 4 is 27.5 Å². The molecule has 0 bridgehead atoms. The lowest BCUT2D eigenvalue weighted by Gasteiger charge is -2.30. The number of carbonyl (C=O) groups is 1. The van der Waals surface area contributed by atoms with Crippen LogP contribution in [0.5, 0.6) is 5.75 Å². The van der Waals surface area contributed by atoms with Crippen molar-refractivity contribution in [2.75, 3.05) is 19.7 Å². The lowest BCUT2D eigenvalue weighted by molar-refractivity contribution is -0.126. The van der Waals surface area contributed by atoms with E-state index in [-0.39, 0.29) is 16.7 Å². The molecule has 0 spiro atoms. The first-order chi connectivity index (χ1) is 13.9. The summed E-state index contributed by atoms with van der Waals surface area (Å²) in [4.78, 5) is 12.7. The van der Waals surface area contributed by atoms with Gasteiger partial charge in [-0.25, -0.2) is 8.42 Å². The molecule has 1 saturated heterocycles. The van der Waals surface area contributed by atoms with Gasteiger partial charge in [-0.3, -0.25) is 4.79 Å². The highest BCUT2D eigenvalue weighted by Crippen LogP contribution is 2.25. The SMILES string of the molecule is CCOc1ccc(S(=O)(=O)N2CCC(C(=O)NCc3ccc(Cl)cc3)CC2)cc1. The molecule has 156 valence electrons. The van der Waals surface area contributed by atoms with Gasteiger partial charge in [-0.2, -0.15) is 4.31 Å². The average Bonchev–Trinajstić information content (AvgIpc) is 2.74. The molecule has 2 aromatic rings. The number of carbonyl (C=O) groups excluding carboxylic acids is 1. The van der Waals surface area contributed by atoms with Gasteiger partial charge in [-0.05, 0) is 61.7 Å². The molecule has 3 rings (SSSR count). The third-order valence-corrected chi connectivity index (χ3v) is 7.14. The van der Waals surface area contributed by atoms with Crippen LogP contribution in [0.2, 0.25) is 5.02 Å². The van der Waals surface area contributed by atoms with Crippen molar-refractivity contribution in [2.45, 2.75) is 31.2 Å². The molecule has 1 amide bonds. The van der Waals surface area contributed by atoms with Crippen molar-refractivity contribution in [1.29, 1.82) is 0 Å². The van der Waals surface area contributed by atoms with E-state index in [4.69, 9.17) is 16.3 Å². The molecule has 1 fully saturated rings. The lowest BCUT2D eigenvalue weighted by Crippen LogP contribution is -2.42. The van der Waals surface area contributed by atoms with E-state index < -0.39 is 10.0 Å². The summed E-state index contributed by atoms with van der Waals surface area (Å²) < 4.78 is 32.5. The van der Waals surface area contributed by atoms with Crippen LogP contribution < -0.4 is 10.1 Å². The van der Waals surface area contributed by atoms with Crippen LogP contribution in [0.4, 0.5) is 0 Å². The Morgan fingerprint density at radius 3 is 2.31 bits per heavy atom. The molecule has 0 radical (unpaired) electrons. The van der Waals surface area contributed by atoms with Crippen LogP contribution in [-0.2, 0) is 21.4 Å². The van der Waals surface area contributed by atoms with Crippen LogP contribution in [0.25, 0.3) is 0 Å². The van der Waals surface area contributed by atoms with Crippen LogP contribution in [0.3, 0.4) is 0 Å². The molecule has 0 unspecified atom stereocenters. The lowest BCUT2D eigenvalue weighted by atomic mass is 9.97. The highest BCUT2D eigenvalue weighted by atomic mass is 35.5. The summed E-state index contributed by atoms with van der Waals surface area (Å²) in [5.74, 6) is 0.412. The number of amides is 1. The van der Waals surface area contributed by atoms with E-state index in [0.29, 0.717) is 49.9 Å². The highest BCUT2D eigenvalue weighted by Gasteiger charge is 2.32. The van der Waals surface area contributed by atoms with E-state index in [9.17, 15) is 13.2 Å². The molecule has 29 heavy (non-hydrogen) atoms. The number of piperidine rings is 1. The molecular formula is C21H25ClN2O4S. The molecule has 2 aromatic carbocycles. The van der Waals surface area contributed by atoms with Gasteiger partial charge in [0.1, 0.15) is 5.75 Å². The smallest absolute Gasteiger partial charge is 0.243 e. The Kier molecular flexibility index (Phi) is 7.16. The normalized spacial score (nSPS) is 15.8. The zero-order valence-corrected chi connectivity index (χ0v) is 17.9. The van der Waals surface area contributed by atoms with E-state index in [2.05, 4.69) is 5.32 Å². The van der Waals surface area contributed by atoms with E-state index in [1.807, 2.05) is 19.1 Å². The number of rotatable bonds is 7. The molecule has 1 heterocycles. The first kappa shape index (κ1) is 21.6. The van der Waals surface area contributed by atoms with Crippen molar-refractivity contribution in [3.8, 4) is 5.75 Å².